The first-order valence-corrected chi connectivity index (χ1v) is 3.15. The van der Waals surface area contributed by atoms with E-state index in [-0.39, 0.29) is 5.75 Å². The molecule has 0 aliphatic heterocycles. The molecule has 0 aromatic heterocycles. The quantitative estimate of drug-likeness (QED) is 0.520. The first kappa shape index (κ1) is 8.70. The molecule has 0 aromatic carbocycles. The molecule has 9 heavy (non-hydrogen) atoms. The predicted octanol–water partition coefficient (Wildman–Crippen LogP) is 2.08. The normalized spacial score (nSPS) is 10.2. The first-order chi connectivity index (χ1) is 4.06. The van der Waals surface area contributed by atoms with Crippen LogP contribution >= 0.6 is 11.8 Å². The van der Waals surface area contributed by atoms with Crippen LogP contribution < -0.4 is 0 Å². The van der Waals surface area contributed by atoms with E-state index in [4.69, 9.17) is 0 Å². The van der Waals surface area contributed by atoms with Crippen LogP contribution in [0.5, 0.6) is 0 Å². The second-order valence-corrected chi connectivity index (χ2v) is 1.84. The molecule has 0 bridgehead atoms. The Morgan fingerprint density at radius 1 is 1.44 bits per heavy atom. The van der Waals surface area contributed by atoms with Crippen molar-refractivity contribution >= 4 is 11.8 Å². The monoisotopic (exact) mass is 153 g/mol. The van der Waals surface area contributed by atoms with Crippen molar-refractivity contribution in [3.8, 4) is 11.8 Å². The Hall–Kier alpha value is -0.300. The number of alkyl halides is 3. The minimum Gasteiger partial charge on any atom is -0.159 e. The van der Waals surface area contributed by atoms with E-state index in [0.717, 1.165) is 17.7 Å². The van der Waals surface area contributed by atoms with Crippen LogP contribution in [0.25, 0.3) is 0 Å². The highest BCUT2D eigenvalue weighted by molar-refractivity contribution is 8.00. The van der Waals surface area contributed by atoms with E-state index in [9.17, 15) is 13.2 Å². The maximum atomic E-state index is 11.2. The molecular formula is C5H4F3S. The Labute approximate surface area is 55.8 Å². The van der Waals surface area contributed by atoms with Crippen molar-refractivity contribution in [1.82, 2.24) is 0 Å². The number of rotatable bonds is 1. The van der Waals surface area contributed by atoms with Gasteiger partial charge in [-0.2, -0.15) is 13.2 Å². The lowest BCUT2D eigenvalue weighted by atomic mass is 10.6. The van der Waals surface area contributed by atoms with Crippen LogP contribution in [0.4, 0.5) is 13.2 Å². The molecule has 0 rings (SSSR count). The molecule has 0 aliphatic carbocycles. The van der Waals surface area contributed by atoms with Gasteiger partial charge in [0.25, 0.3) is 0 Å². The molecule has 1 radical (unpaired) electrons. The van der Waals surface area contributed by atoms with Gasteiger partial charge in [0.1, 0.15) is 0 Å². The first-order valence-electron chi connectivity index (χ1n) is 2.00. The molecule has 0 spiro atoms. The van der Waals surface area contributed by atoms with Crippen LogP contribution in [0.2, 0.25) is 0 Å². The molecule has 0 nitrogen and oxygen atoms in total. The SMILES string of the molecule is [CH2]SCC#CC(F)(F)F. The zero-order valence-corrected chi connectivity index (χ0v) is 5.27. The highest BCUT2D eigenvalue weighted by Gasteiger charge is 2.22. The van der Waals surface area contributed by atoms with E-state index in [0.29, 0.717) is 0 Å². The van der Waals surface area contributed by atoms with Gasteiger partial charge in [-0.1, -0.05) is 5.92 Å². The average Bonchev–Trinajstić information content (AvgIpc) is 1.63. The zero-order chi connectivity index (χ0) is 7.33. The van der Waals surface area contributed by atoms with Crippen LogP contribution in [0, 0.1) is 18.1 Å². The van der Waals surface area contributed by atoms with E-state index in [1.54, 1.807) is 0 Å². The third-order valence-electron chi connectivity index (χ3n) is 0.404. The van der Waals surface area contributed by atoms with Gasteiger partial charge in [-0.15, -0.1) is 11.8 Å². The minimum absolute atomic E-state index is 0.125. The van der Waals surface area contributed by atoms with Gasteiger partial charge in [0.05, 0.1) is 5.75 Å². The number of hydrogen-bond acceptors (Lipinski definition) is 1. The molecular weight excluding hydrogens is 149 g/mol. The van der Waals surface area contributed by atoms with Crippen LogP contribution in [-0.2, 0) is 0 Å². The van der Waals surface area contributed by atoms with Crippen molar-refractivity contribution < 1.29 is 13.2 Å². The van der Waals surface area contributed by atoms with E-state index in [1.165, 1.54) is 0 Å². The topological polar surface area (TPSA) is 0 Å². The fourth-order valence-corrected chi connectivity index (χ4v) is 0.362. The summed E-state index contributed by atoms with van der Waals surface area (Å²) in [6, 6.07) is 0. The van der Waals surface area contributed by atoms with Gasteiger partial charge in [-0.05, 0) is 0 Å². The summed E-state index contributed by atoms with van der Waals surface area (Å²) in [5.41, 5.74) is 0. The van der Waals surface area contributed by atoms with Gasteiger partial charge in [-0.25, -0.2) is 0 Å². The van der Waals surface area contributed by atoms with E-state index in [1.807, 2.05) is 5.92 Å². The Bertz CT molecular complexity index is 127. The van der Waals surface area contributed by atoms with Crippen LogP contribution in [0.1, 0.15) is 0 Å². The highest BCUT2D eigenvalue weighted by Crippen LogP contribution is 2.11. The Kier molecular flexibility index (Phi) is 3.55. The summed E-state index contributed by atoms with van der Waals surface area (Å²) in [6.45, 7) is 0. The lowest BCUT2D eigenvalue weighted by Crippen LogP contribution is -2.01. The molecule has 0 N–H and O–H groups in total. The third-order valence-corrected chi connectivity index (χ3v) is 0.753. The largest absolute Gasteiger partial charge is 0.457 e. The summed E-state index contributed by atoms with van der Waals surface area (Å²) in [6.07, 6.45) is -1.10. The maximum absolute atomic E-state index is 11.2. The number of hydrogen-bond donors (Lipinski definition) is 0. The van der Waals surface area contributed by atoms with Crippen molar-refractivity contribution in [3.63, 3.8) is 0 Å². The lowest BCUT2D eigenvalue weighted by molar-refractivity contribution is -0.0696. The summed E-state index contributed by atoms with van der Waals surface area (Å²) >= 11 is 1.02. The minimum atomic E-state index is -4.35. The lowest BCUT2D eigenvalue weighted by Gasteiger charge is -1.90. The Morgan fingerprint density at radius 2 is 2.00 bits per heavy atom. The highest BCUT2D eigenvalue weighted by atomic mass is 32.2. The number of thioether (sulfide) groups is 1. The van der Waals surface area contributed by atoms with Gasteiger partial charge in [0.15, 0.2) is 0 Å². The molecule has 51 valence electrons. The molecule has 0 amide bonds. The molecule has 0 atom stereocenters. The molecule has 0 unspecified atom stereocenters. The maximum Gasteiger partial charge on any atom is 0.457 e. The molecule has 0 saturated heterocycles. The Morgan fingerprint density at radius 3 is 2.33 bits per heavy atom. The van der Waals surface area contributed by atoms with Crippen LogP contribution in [0.3, 0.4) is 0 Å². The third kappa shape index (κ3) is 7.70. The molecule has 4 heteroatoms. The van der Waals surface area contributed by atoms with E-state index >= 15 is 0 Å². The van der Waals surface area contributed by atoms with Crippen molar-refractivity contribution in [2.45, 2.75) is 6.18 Å². The molecule has 0 aromatic rings. The summed E-state index contributed by atoms with van der Waals surface area (Å²) in [5, 5.41) is 0. The van der Waals surface area contributed by atoms with Crippen LogP contribution in [0.15, 0.2) is 0 Å². The summed E-state index contributed by atoms with van der Waals surface area (Å²) in [5.74, 6) is 3.14. The molecule has 0 saturated carbocycles. The molecule has 0 heterocycles. The van der Waals surface area contributed by atoms with Crippen molar-refractivity contribution in [2.24, 2.45) is 0 Å². The van der Waals surface area contributed by atoms with E-state index in [2.05, 4.69) is 6.26 Å². The summed E-state index contributed by atoms with van der Waals surface area (Å²) < 4.78 is 33.5. The van der Waals surface area contributed by atoms with Gasteiger partial charge < -0.3 is 0 Å². The fraction of sp³-hybridized carbons (Fsp3) is 0.400. The van der Waals surface area contributed by atoms with Gasteiger partial charge in [-0.3, -0.25) is 0 Å². The van der Waals surface area contributed by atoms with Crippen molar-refractivity contribution in [2.75, 3.05) is 5.75 Å². The zero-order valence-electron chi connectivity index (χ0n) is 4.46. The van der Waals surface area contributed by atoms with Crippen molar-refractivity contribution in [3.05, 3.63) is 6.26 Å². The average molecular weight is 153 g/mol. The smallest absolute Gasteiger partial charge is 0.159 e. The Balaban J connectivity index is 3.59. The number of halogens is 3. The van der Waals surface area contributed by atoms with Crippen molar-refractivity contribution in [1.29, 1.82) is 0 Å². The predicted molar refractivity (Wildman–Crippen MR) is 31.6 cm³/mol. The van der Waals surface area contributed by atoms with Gasteiger partial charge in [0.2, 0.25) is 0 Å². The van der Waals surface area contributed by atoms with Gasteiger partial charge in [0, 0.05) is 12.2 Å². The van der Waals surface area contributed by atoms with Gasteiger partial charge >= 0.3 is 6.18 Å². The molecule has 0 fully saturated rings. The summed E-state index contributed by atoms with van der Waals surface area (Å²) in [7, 11) is 0. The van der Waals surface area contributed by atoms with Crippen LogP contribution in [-0.4, -0.2) is 11.9 Å². The second-order valence-electron chi connectivity index (χ2n) is 1.15. The van der Waals surface area contributed by atoms with E-state index < -0.39 is 6.18 Å². The summed E-state index contributed by atoms with van der Waals surface area (Å²) in [4.78, 5) is 0. The fourth-order valence-electron chi connectivity index (χ4n) is 0.187. The molecule has 0 aliphatic rings. The standard InChI is InChI=1S/C5H4F3S/c1-9-4-2-3-5(6,7)8/h1,4H2. The second kappa shape index (κ2) is 3.67.